The number of carbonyl (C=O) groups is 3. The Morgan fingerprint density at radius 1 is 0.941 bits per heavy atom. The van der Waals surface area contributed by atoms with Gasteiger partial charge in [0.15, 0.2) is 0 Å². The lowest BCUT2D eigenvalue weighted by molar-refractivity contribution is -0.140. The minimum Gasteiger partial charge on any atom is -0.290 e. The van der Waals surface area contributed by atoms with Crippen molar-refractivity contribution in [1.82, 2.24) is 4.90 Å². The smallest absolute Gasteiger partial charge is 0.259 e. The Bertz CT molecular complexity index is 1200. The molecule has 4 aliphatic carbocycles. The fourth-order valence-corrected chi connectivity index (χ4v) is 6.56. The number of halogens is 2. The maximum absolute atomic E-state index is 13.6. The van der Waals surface area contributed by atoms with Crippen LogP contribution in [0, 0.1) is 35.5 Å². The molecule has 0 N–H and O–H groups in total. The number of likely N-dealkylation sites (tertiary alicyclic amines) is 1. The maximum atomic E-state index is 13.6. The average molecular weight is 495 g/mol. The molecule has 3 fully saturated rings. The molecule has 0 radical (unpaired) electrons. The van der Waals surface area contributed by atoms with Gasteiger partial charge in [-0.1, -0.05) is 54.4 Å². The van der Waals surface area contributed by atoms with Crippen molar-refractivity contribution in [2.45, 2.75) is 19.8 Å². The summed E-state index contributed by atoms with van der Waals surface area (Å²) < 4.78 is 0. The normalized spacial score (nSPS) is 30.4. The zero-order chi connectivity index (χ0) is 23.7. The second-order valence-electron chi connectivity index (χ2n) is 9.78. The van der Waals surface area contributed by atoms with E-state index in [1.807, 2.05) is 24.3 Å². The van der Waals surface area contributed by atoms with Gasteiger partial charge in [-0.15, -0.1) is 0 Å². The van der Waals surface area contributed by atoms with Crippen molar-refractivity contribution >= 4 is 46.6 Å². The SMILES string of the molecule is CCc1ccc(N(CN2C(=O)[C@@H]3[C@H]4C=C[C@@H]([C@@H]5C[C@H]45)[C@@H]3C2=O)C(=O)c2ccc(Cl)c(Cl)c2)cc1. The highest BCUT2D eigenvalue weighted by molar-refractivity contribution is 6.42. The molecule has 3 amide bonds. The van der Waals surface area contributed by atoms with Gasteiger partial charge in [0, 0.05) is 11.3 Å². The van der Waals surface area contributed by atoms with Crippen LogP contribution in [0.5, 0.6) is 0 Å². The van der Waals surface area contributed by atoms with Gasteiger partial charge in [-0.25, -0.2) is 0 Å². The number of carbonyl (C=O) groups excluding carboxylic acids is 3. The number of allylic oxidation sites excluding steroid dienone is 2. The molecule has 174 valence electrons. The van der Waals surface area contributed by atoms with Crippen molar-refractivity contribution in [3.05, 3.63) is 75.8 Å². The van der Waals surface area contributed by atoms with Crippen molar-refractivity contribution < 1.29 is 14.4 Å². The summed E-state index contributed by atoms with van der Waals surface area (Å²) in [5.41, 5.74) is 2.09. The van der Waals surface area contributed by atoms with Crippen LogP contribution in [-0.4, -0.2) is 29.3 Å². The molecule has 0 unspecified atom stereocenters. The quantitative estimate of drug-likeness (QED) is 0.423. The number of hydrogen-bond acceptors (Lipinski definition) is 3. The van der Waals surface area contributed by atoms with Crippen LogP contribution in [0.1, 0.15) is 29.3 Å². The van der Waals surface area contributed by atoms with Gasteiger partial charge < -0.3 is 0 Å². The third-order valence-electron chi connectivity index (χ3n) is 8.10. The zero-order valence-electron chi connectivity index (χ0n) is 18.7. The average Bonchev–Trinajstić information content (AvgIpc) is 3.64. The van der Waals surface area contributed by atoms with E-state index in [0.717, 1.165) is 18.4 Å². The molecule has 5 aliphatic rings. The van der Waals surface area contributed by atoms with E-state index >= 15 is 0 Å². The Balaban J connectivity index is 1.34. The lowest BCUT2D eigenvalue weighted by atomic mass is 9.63. The minimum atomic E-state index is -0.345. The van der Waals surface area contributed by atoms with E-state index in [9.17, 15) is 14.4 Å². The summed E-state index contributed by atoms with van der Waals surface area (Å²) in [5, 5.41) is 0.627. The van der Waals surface area contributed by atoms with Gasteiger partial charge in [0.25, 0.3) is 5.91 Å². The Morgan fingerprint density at radius 2 is 1.56 bits per heavy atom. The molecule has 6 atom stereocenters. The fraction of sp³-hybridized carbons (Fsp3) is 0.370. The van der Waals surface area contributed by atoms with Crippen LogP contribution in [0.2, 0.25) is 10.0 Å². The van der Waals surface area contributed by atoms with Gasteiger partial charge in [0.2, 0.25) is 11.8 Å². The zero-order valence-corrected chi connectivity index (χ0v) is 20.2. The van der Waals surface area contributed by atoms with Gasteiger partial charge in [-0.2, -0.15) is 0 Å². The van der Waals surface area contributed by atoms with Crippen LogP contribution in [0.4, 0.5) is 5.69 Å². The van der Waals surface area contributed by atoms with Crippen LogP contribution in [0.25, 0.3) is 0 Å². The van der Waals surface area contributed by atoms with E-state index in [2.05, 4.69) is 19.1 Å². The topological polar surface area (TPSA) is 57.7 Å². The highest BCUT2D eigenvalue weighted by atomic mass is 35.5. The van der Waals surface area contributed by atoms with Gasteiger partial charge in [-0.05, 0) is 72.4 Å². The molecule has 7 rings (SSSR count). The number of amides is 3. The van der Waals surface area contributed by atoms with E-state index in [-0.39, 0.29) is 53.1 Å². The first-order chi connectivity index (χ1) is 16.4. The van der Waals surface area contributed by atoms with Crippen molar-refractivity contribution in [2.24, 2.45) is 35.5 Å². The highest BCUT2D eigenvalue weighted by Gasteiger charge is 2.67. The minimum absolute atomic E-state index is 0.121. The molecule has 2 aromatic rings. The van der Waals surface area contributed by atoms with Crippen molar-refractivity contribution in [3.8, 4) is 0 Å². The second kappa shape index (κ2) is 7.96. The molecule has 2 bridgehead atoms. The first-order valence-electron chi connectivity index (χ1n) is 11.8. The lowest BCUT2D eigenvalue weighted by Gasteiger charge is -2.37. The monoisotopic (exact) mass is 494 g/mol. The van der Waals surface area contributed by atoms with Crippen molar-refractivity contribution in [3.63, 3.8) is 0 Å². The standard InChI is InChI=1S/C27H24Cl2N2O3/c1-2-14-3-6-16(7-4-14)30(25(32)15-5-10-21(28)22(29)11-15)13-31-26(33)23-17-8-9-18(20-12-19(17)20)24(23)27(31)34/h3-11,17-20,23-24H,2,12-13H2,1H3/t17-,18-,19-,20+,23-,24+/m0/s1. The molecular weight excluding hydrogens is 471 g/mol. The number of aryl methyl sites for hydroxylation is 1. The predicted molar refractivity (Wildman–Crippen MR) is 131 cm³/mol. The van der Waals surface area contributed by atoms with Gasteiger partial charge in [0.1, 0.15) is 6.67 Å². The van der Waals surface area contributed by atoms with E-state index in [0.29, 0.717) is 28.1 Å². The number of nitrogens with zero attached hydrogens (tertiary/aromatic N) is 2. The Hall–Kier alpha value is -2.63. The molecule has 5 nitrogen and oxygen atoms in total. The van der Waals surface area contributed by atoms with Crippen LogP contribution >= 0.6 is 23.2 Å². The van der Waals surface area contributed by atoms with Crippen molar-refractivity contribution in [2.75, 3.05) is 11.6 Å². The van der Waals surface area contributed by atoms with E-state index < -0.39 is 0 Å². The van der Waals surface area contributed by atoms with E-state index in [1.54, 1.807) is 12.1 Å². The lowest BCUT2D eigenvalue weighted by Crippen LogP contribution is -2.45. The Morgan fingerprint density at radius 3 is 2.12 bits per heavy atom. The second-order valence-corrected chi connectivity index (χ2v) is 10.6. The summed E-state index contributed by atoms with van der Waals surface area (Å²) in [4.78, 5) is 43.5. The Kier molecular flexibility index (Phi) is 5.12. The number of anilines is 1. The number of imide groups is 1. The molecule has 1 heterocycles. The van der Waals surface area contributed by atoms with Crippen molar-refractivity contribution in [1.29, 1.82) is 0 Å². The molecule has 0 aromatic heterocycles. The summed E-state index contributed by atoms with van der Waals surface area (Å²) in [6.45, 7) is 1.94. The fourth-order valence-electron chi connectivity index (χ4n) is 6.26. The summed E-state index contributed by atoms with van der Waals surface area (Å²) in [6.07, 6.45) is 6.28. The highest BCUT2D eigenvalue weighted by Crippen LogP contribution is 2.65. The third kappa shape index (κ3) is 3.24. The molecule has 0 spiro atoms. The first kappa shape index (κ1) is 21.9. The predicted octanol–water partition coefficient (Wildman–Crippen LogP) is 5.21. The summed E-state index contributed by atoms with van der Waals surface area (Å²) >= 11 is 12.2. The van der Waals surface area contributed by atoms with Crippen LogP contribution < -0.4 is 4.90 Å². The molecule has 1 aliphatic heterocycles. The summed E-state index contributed by atoms with van der Waals surface area (Å²) in [5.74, 6) is 0.100. The number of benzene rings is 2. The largest absolute Gasteiger partial charge is 0.290 e. The summed E-state index contributed by atoms with van der Waals surface area (Å²) in [6, 6.07) is 12.3. The maximum Gasteiger partial charge on any atom is 0.259 e. The first-order valence-corrected chi connectivity index (χ1v) is 12.5. The molecule has 2 saturated carbocycles. The van der Waals surface area contributed by atoms with Crippen LogP contribution in [0.15, 0.2) is 54.6 Å². The van der Waals surface area contributed by atoms with Gasteiger partial charge in [-0.3, -0.25) is 24.2 Å². The third-order valence-corrected chi connectivity index (χ3v) is 8.84. The van der Waals surface area contributed by atoms with Crippen LogP contribution in [-0.2, 0) is 16.0 Å². The number of hydrogen-bond donors (Lipinski definition) is 0. The van der Waals surface area contributed by atoms with Crippen LogP contribution in [0.3, 0.4) is 0 Å². The molecule has 1 saturated heterocycles. The molecule has 7 heteroatoms. The van der Waals surface area contributed by atoms with Gasteiger partial charge >= 0.3 is 0 Å². The number of rotatable bonds is 5. The van der Waals surface area contributed by atoms with E-state index in [1.165, 1.54) is 15.9 Å². The van der Waals surface area contributed by atoms with E-state index in [4.69, 9.17) is 23.2 Å². The molecule has 34 heavy (non-hydrogen) atoms. The molecular formula is C27H24Cl2N2O3. The Labute approximate surface area is 208 Å². The van der Waals surface area contributed by atoms with Gasteiger partial charge in [0.05, 0.1) is 21.9 Å². The molecule has 2 aromatic carbocycles. The summed E-state index contributed by atoms with van der Waals surface area (Å²) in [7, 11) is 0.